The molecule has 2 amide bonds. The molecule has 6 nitrogen and oxygen atoms in total. The van der Waals surface area contributed by atoms with E-state index in [4.69, 9.17) is 4.74 Å². The monoisotopic (exact) mass is 309 g/mol. The van der Waals surface area contributed by atoms with Crippen LogP contribution in [0, 0.1) is 0 Å². The third kappa shape index (κ3) is 3.95. The van der Waals surface area contributed by atoms with Crippen LogP contribution in [0.3, 0.4) is 0 Å². The highest BCUT2D eigenvalue weighted by Gasteiger charge is 2.33. The van der Waals surface area contributed by atoms with Gasteiger partial charge in [0.2, 0.25) is 11.8 Å². The number of nitrogens with zero attached hydrogens (tertiary/aromatic N) is 2. The maximum Gasteiger partial charge on any atom is 0.240 e. The summed E-state index contributed by atoms with van der Waals surface area (Å²) in [7, 11) is 3.34. The third-order valence-corrected chi connectivity index (χ3v) is 4.38. The summed E-state index contributed by atoms with van der Waals surface area (Å²) < 4.78 is 4.92. The zero-order valence-corrected chi connectivity index (χ0v) is 13.0. The van der Waals surface area contributed by atoms with Gasteiger partial charge in [0.1, 0.15) is 5.03 Å². The molecule has 21 heavy (non-hydrogen) atoms. The van der Waals surface area contributed by atoms with Gasteiger partial charge in [-0.3, -0.25) is 9.59 Å². The Morgan fingerprint density at radius 1 is 1.57 bits per heavy atom. The summed E-state index contributed by atoms with van der Waals surface area (Å²) in [5.41, 5.74) is 0.796. The van der Waals surface area contributed by atoms with Crippen LogP contribution in [0.25, 0.3) is 0 Å². The Morgan fingerprint density at radius 2 is 2.38 bits per heavy atom. The lowest BCUT2D eigenvalue weighted by atomic mass is 10.2. The zero-order valence-electron chi connectivity index (χ0n) is 12.2. The topological polar surface area (TPSA) is 71.5 Å². The normalized spacial score (nSPS) is 17.5. The number of anilines is 1. The Balaban J connectivity index is 1.93. The Bertz CT molecular complexity index is 524. The summed E-state index contributed by atoms with van der Waals surface area (Å²) in [5, 5.41) is 3.17. The van der Waals surface area contributed by atoms with Gasteiger partial charge >= 0.3 is 0 Å². The number of aromatic nitrogens is 1. The van der Waals surface area contributed by atoms with E-state index in [9.17, 15) is 9.59 Å². The van der Waals surface area contributed by atoms with Crippen LogP contribution in [-0.4, -0.2) is 49.4 Å². The highest BCUT2D eigenvalue weighted by molar-refractivity contribution is 8.00. The van der Waals surface area contributed by atoms with Gasteiger partial charge in [0.05, 0.1) is 10.9 Å². The molecule has 0 aliphatic carbocycles. The van der Waals surface area contributed by atoms with E-state index in [0.717, 1.165) is 17.1 Å². The predicted molar refractivity (Wildman–Crippen MR) is 81.4 cm³/mol. The van der Waals surface area contributed by atoms with Gasteiger partial charge in [-0.15, -0.1) is 0 Å². The number of pyridine rings is 1. The van der Waals surface area contributed by atoms with E-state index < -0.39 is 5.25 Å². The maximum absolute atomic E-state index is 12.3. The molecule has 0 aromatic carbocycles. The SMILES string of the molecule is COCCCNC(=O)CC1Sc2ncccc2N(C)C1=O. The van der Waals surface area contributed by atoms with Crippen molar-refractivity contribution >= 4 is 29.3 Å². The van der Waals surface area contributed by atoms with Crippen molar-refractivity contribution in [1.29, 1.82) is 0 Å². The van der Waals surface area contributed by atoms with E-state index >= 15 is 0 Å². The molecule has 0 radical (unpaired) electrons. The van der Waals surface area contributed by atoms with Gasteiger partial charge in [-0.05, 0) is 18.6 Å². The summed E-state index contributed by atoms with van der Waals surface area (Å²) in [4.78, 5) is 30.0. The first-order valence-corrected chi connectivity index (χ1v) is 7.66. The second kappa shape index (κ2) is 7.42. The van der Waals surface area contributed by atoms with Gasteiger partial charge in [-0.1, -0.05) is 11.8 Å². The first kappa shape index (κ1) is 15.8. The van der Waals surface area contributed by atoms with Gasteiger partial charge in [0.15, 0.2) is 0 Å². The largest absolute Gasteiger partial charge is 0.385 e. The minimum atomic E-state index is -0.417. The van der Waals surface area contributed by atoms with Crippen LogP contribution in [0.15, 0.2) is 23.4 Å². The van der Waals surface area contributed by atoms with Crippen molar-refractivity contribution in [2.45, 2.75) is 23.1 Å². The number of nitrogens with one attached hydrogen (secondary N) is 1. The average molecular weight is 309 g/mol. The van der Waals surface area contributed by atoms with Crippen molar-refractivity contribution in [3.05, 3.63) is 18.3 Å². The number of carbonyl (C=O) groups excluding carboxylic acids is 2. The van der Waals surface area contributed by atoms with Gasteiger partial charge in [0, 0.05) is 39.9 Å². The standard InChI is InChI=1S/C14H19N3O3S/c1-17-10-5-3-6-16-13(10)21-11(14(17)19)9-12(18)15-7-4-8-20-2/h3,5-6,11H,4,7-9H2,1-2H3,(H,15,18). The van der Waals surface area contributed by atoms with Crippen LogP contribution >= 0.6 is 11.8 Å². The summed E-state index contributed by atoms with van der Waals surface area (Å²) in [6, 6.07) is 3.65. The second-order valence-electron chi connectivity index (χ2n) is 4.73. The molecule has 0 bridgehead atoms. The lowest BCUT2D eigenvalue weighted by molar-refractivity contribution is -0.124. The average Bonchev–Trinajstić information content (AvgIpc) is 2.49. The lowest BCUT2D eigenvalue weighted by Crippen LogP contribution is -2.41. The van der Waals surface area contributed by atoms with E-state index in [1.54, 1.807) is 31.3 Å². The molecule has 2 heterocycles. The van der Waals surface area contributed by atoms with Crippen molar-refractivity contribution < 1.29 is 14.3 Å². The summed E-state index contributed by atoms with van der Waals surface area (Å²) in [6.45, 7) is 1.17. The summed E-state index contributed by atoms with van der Waals surface area (Å²) in [6.07, 6.45) is 2.62. The first-order valence-electron chi connectivity index (χ1n) is 6.78. The molecule has 0 spiro atoms. The first-order chi connectivity index (χ1) is 10.1. The number of carbonyl (C=O) groups is 2. The number of fused-ring (bicyclic) bond motifs is 1. The predicted octanol–water partition coefficient (Wildman–Crippen LogP) is 1.06. The van der Waals surface area contributed by atoms with E-state index in [1.165, 1.54) is 11.8 Å². The highest BCUT2D eigenvalue weighted by atomic mass is 32.2. The van der Waals surface area contributed by atoms with Crippen LogP contribution in [0.4, 0.5) is 5.69 Å². The number of ether oxygens (including phenoxy) is 1. The fourth-order valence-electron chi connectivity index (χ4n) is 2.06. The van der Waals surface area contributed by atoms with Crippen molar-refractivity contribution in [2.75, 3.05) is 32.2 Å². The minimum absolute atomic E-state index is 0.0625. The quantitative estimate of drug-likeness (QED) is 0.796. The van der Waals surface area contributed by atoms with Crippen molar-refractivity contribution in [3.63, 3.8) is 0 Å². The van der Waals surface area contributed by atoms with Crippen LogP contribution in [0.5, 0.6) is 0 Å². The zero-order chi connectivity index (χ0) is 15.2. The van der Waals surface area contributed by atoms with Crippen LogP contribution in [0.1, 0.15) is 12.8 Å². The maximum atomic E-state index is 12.3. The number of thioether (sulfide) groups is 1. The number of methoxy groups -OCH3 is 1. The van der Waals surface area contributed by atoms with Crippen LogP contribution in [0.2, 0.25) is 0 Å². The molecule has 7 heteroatoms. The number of hydrogen-bond donors (Lipinski definition) is 1. The van der Waals surface area contributed by atoms with Crippen molar-refractivity contribution in [1.82, 2.24) is 10.3 Å². The molecule has 1 aromatic rings. The summed E-state index contributed by atoms with van der Waals surface area (Å²) >= 11 is 1.35. The van der Waals surface area contributed by atoms with E-state index in [1.807, 2.05) is 6.07 Å². The number of amides is 2. The molecule has 0 saturated heterocycles. The van der Waals surface area contributed by atoms with Gasteiger partial charge in [-0.2, -0.15) is 0 Å². The second-order valence-corrected chi connectivity index (χ2v) is 5.92. The number of rotatable bonds is 6. The molecule has 1 atom stereocenters. The van der Waals surface area contributed by atoms with Crippen molar-refractivity contribution in [2.24, 2.45) is 0 Å². The van der Waals surface area contributed by atoms with Gasteiger partial charge in [-0.25, -0.2) is 4.98 Å². The Hall–Kier alpha value is -1.60. The van der Waals surface area contributed by atoms with Crippen LogP contribution in [-0.2, 0) is 14.3 Å². The molecule has 1 unspecified atom stereocenters. The lowest BCUT2D eigenvalue weighted by Gasteiger charge is -2.29. The smallest absolute Gasteiger partial charge is 0.240 e. The fourth-order valence-corrected chi connectivity index (χ4v) is 3.27. The molecule has 114 valence electrons. The van der Waals surface area contributed by atoms with E-state index in [2.05, 4.69) is 10.3 Å². The summed E-state index contributed by atoms with van der Waals surface area (Å²) in [5.74, 6) is -0.183. The molecular formula is C14H19N3O3S. The highest BCUT2D eigenvalue weighted by Crippen LogP contribution is 2.37. The molecule has 1 aliphatic rings. The van der Waals surface area contributed by atoms with Gasteiger partial charge < -0.3 is 15.0 Å². The molecule has 1 aliphatic heterocycles. The Kier molecular flexibility index (Phi) is 5.58. The van der Waals surface area contributed by atoms with E-state index in [-0.39, 0.29) is 18.2 Å². The fraction of sp³-hybridized carbons (Fsp3) is 0.500. The Labute approximate surface area is 128 Å². The van der Waals surface area contributed by atoms with E-state index in [0.29, 0.717) is 13.2 Å². The Morgan fingerprint density at radius 3 is 3.14 bits per heavy atom. The van der Waals surface area contributed by atoms with Gasteiger partial charge in [0.25, 0.3) is 0 Å². The minimum Gasteiger partial charge on any atom is -0.385 e. The molecular weight excluding hydrogens is 290 g/mol. The number of hydrogen-bond acceptors (Lipinski definition) is 5. The molecule has 0 fully saturated rings. The van der Waals surface area contributed by atoms with Crippen molar-refractivity contribution in [3.8, 4) is 0 Å². The molecule has 1 aromatic heterocycles. The molecule has 2 rings (SSSR count). The molecule has 0 saturated carbocycles. The third-order valence-electron chi connectivity index (χ3n) is 3.19. The molecule has 1 N–H and O–H groups in total. The van der Waals surface area contributed by atoms with Crippen LogP contribution < -0.4 is 10.2 Å².